The van der Waals surface area contributed by atoms with Gasteiger partial charge in [-0.15, -0.1) is 0 Å². The van der Waals surface area contributed by atoms with Gasteiger partial charge in [0.25, 0.3) is 5.91 Å². The van der Waals surface area contributed by atoms with Crippen LogP contribution in [0.5, 0.6) is 0 Å². The maximum Gasteiger partial charge on any atom is 0.267 e. The van der Waals surface area contributed by atoms with Crippen LogP contribution >= 0.6 is 0 Å². The lowest BCUT2D eigenvalue weighted by atomic mass is 10.2. The number of nitrogens with one attached hydrogen (secondary N) is 2. The fourth-order valence-corrected chi connectivity index (χ4v) is 1.71. The van der Waals surface area contributed by atoms with E-state index in [0.29, 0.717) is 18.8 Å². The van der Waals surface area contributed by atoms with E-state index in [1.807, 2.05) is 31.2 Å². The first-order chi connectivity index (χ1) is 7.72. The Kier molecular flexibility index (Phi) is 2.92. The number of carbonyl (C=O) groups excluding carboxylic acids is 1. The molecule has 4 nitrogen and oxygen atoms in total. The van der Waals surface area contributed by atoms with Crippen molar-refractivity contribution in [3.8, 4) is 0 Å². The van der Waals surface area contributed by atoms with Crippen molar-refractivity contribution in [3.63, 3.8) is 0 Å². The number of nitrogens with two attached hydrogens (primary N) is 1. The first-order valence-corrected chi connectivity index (χ1v) is 5.29. The number of aromatic amines is 1. The summed E-state index contributed by atoms with van der Waals surface area (Å²) in [6.07, 6.45) is 0. The maximum absolute atomic E-state index is 11.7. The van der Waals surface area contributed by atoms with Crippen LogP contribution in [0, 0.1) is 6.92 Å². The second kappa shape index (κ2) is 4.37. The Morgan fingerprint density at radius 1 is 1.50 bits per heavy atom. The SMILES string of the molecule is Cc1cccc2cc(C(=O)NCCN)[nH]c12. The number of hydrogen-bond acceptors (Lipinski definition) is 2. The molecule has 2 rings (SSSR count). The van der Waals surface area contributed by atoms with Gasteiger partial charge in [-0.3, -0.25) is 4.79 Å². The van der Waals surface area contributed by atoms with Crippen LogP contribution in [0.15, 0.2) is 24.3 Å². The largest absolute Gasteiger partial charge is 0.350 e. The quantitative estimate of drug-likeness (QED) is 0.722. The number of aryl methyl sites for hydroxylation is 1. The zero-order valence-corrected chi connectivity index (χ0v) is 9.21. The van der Waals surface area contributed by atoms with Gasteiger partial charge in [-0.25, -0.2) is 0 Å². The summed E-state index contributed by atoms with van der Waals surface area (Å²) >= 11 is 0. The third-order valence-corrected chi connectivity index (χ3v) is 2.54. The second-order valence-electron chi connectivity index (χ2n) is 3.77. The number of H-pyrrole nitrogens is 1. The van der Waals surface area contributed by atoms with E-state index < -0.39 is 0 Å². The number of rotatable bonds is 3. The molecule has 0 spiro atoms. The van der Waals surface area contributed by atoms with Gasteiger partial charge in [0.05, 0.1) is 0 Å². The van der Waals surface area contributed by atoms with E-state index in [1.54, 1.807) is 0 Å². The number of benzene rings is 1. The van der Waals surface area contributed by atoms with Crippen molar-refractivity contribution in [1.82, 2.24) is 10.3 Å². The lowest BCUT2D eigenvalue weighted by Gasteiger charge is -1.99. The van der Waals surface area contributed by atoms with Gasteiger partial charge in [0.2, 0.25) is 0 Å². The van der Waals surface area contributed by atoms with E-state index >= 15 is 0 Å². The van der Waals surface area contributed by atoms with Crippen LogP contribution in [-0.4, -0.2) is 24.0 Å². The van der Waals surface area contributed by atoms with Gasteiger partial charge in [-0.05, 0) is 18.6 Å². The van der Waals surface area contributed by atoms with Gasteiger partial charge in [0.15, 0.2) is 0 Å². The summed E-state index contributed by atoms with van der Waals surface area (Å²) in [5.74, 6) is -0.110. The van der Waals surface area contributed by atoms with E-state index in [1.165, 1.54) is 0 Å². The smallest absolute Gasteiger partial charge is 0.267 e. The number of aromatic nitrogens is 1. The van der Waals surface area contributed by atoms with E-state index in [0.717, 1.165) is 16.5 Å². The Morgan fingerprint density at radius 2 is 2.31 bits per heavy atom. The topological polar surface area (TPSA) is 70.9 Å². The molecule has 0 bridgehead atoms. The molecule has 1 heterocycles. The van der Waals surface area contributed by atoms with Crippen LogP contribution in [0.4, 0.5) is 0 Å². The van der Waals surface area contributed by atoms with Gasteiger partial charge in [0.1, 0.15) is 5.69 Å². The second-order valence-corrected chi connectivity index (χ2v) is 3.77. The number of hydrogen-bond donors (Lipinski definition) is 3. The molecular formula is C12H15N3O. The van der Waals surface area contributed by atoms with E-state index in [4.69, 9.17) is 5.73 Å². The van der Waals surface area contributed by atoms with E-state index in [2.05, 4.69) is 10.3 Å². The molecule has 0 fully saturated rings. The van der Waals surface area contributed by atoms with Crippen LogP contribution < -0.4 is 11.1 Å². The minimum atomic E-state index is -0.110. The summed E-state index contributed by atoms with van der Waals surface area (Å²) in [4.78, 5) is 14.8. The monoisotopic (exact) mass is 217 g/mol. The molecule has 84 valence electrons. The summed E-state index contributed by atoms with van der Waals surface area (Å²) in [5, 5.41) is 3.79. The molecule has 1 aromatic carbocycles. The van der Waals surface area contributed by atoms with Gasteiger partial charge in [0, 0.05) is 24.0 Å². The highest BCUT2D eigenvalue weighted by Crippen LogP contribution is 2.18. The normalized spacial score (nSPS) is 10.6. The maximum atomic E-state index is 11.7. The van der Waals surface area contributed by atoms with Crippen molar-refractivity contribution in [3.05, 3.63) is 35.5 Å². The van der Waals surface area contributed by atoms with E-state index in [9.17, 15) is 4.79 Å². The molecule has 1 amide bonds. The average molecular weight is 217 g/mol. The van der Waals surface area contributed by atoms with Crippen molar-refractivity contribution in [2.24, 2.45) is 5.73 Å². The zero-order valence-electron chi connectivity index (χ0n) is 9.21. The molecule has 1 aromatic heterocycles. The van der Waals surface area contributed by atoms with Crippen molar-refractivity contribution >= 4 is 16.8 Å². The molecule has 4 N–H and O–H groups in total. The molecule has 0 saturated heterocycles. The van der Waals surface area contributed by atoms with Gasteiger partial charge < -0.3 is 16.0 Å². The molecule has 0 unspecified atom stereocenters. The van der Waals surface area contributed by atoms with Crippen LogP contribution in [0.3, 0.4) is 0 Å². The lowest BCUT2D eigenvalue weighted by Crippen LogP contribution is -2.29. The molecule has 0 atom stereocenters. The molecule has 0 aliphatic rings. The fourth-order valence-electron chi connectivity index (χ4n) is 1.71. The van der Waals surface area contributed by atoms with Crippen molar-refractivity contribution in [2.75, 3.05) is 13.1 Å². The summed E-state index contributed by atoms with van der Waals surface area (Å²) in [5.41, 5.74) is 8.06. The number of para-hydroxylation sites is 1. The van der Waals surface area contributed by atoms with E-state index in [-0.39, 0.29) is 5.91 Å². The van der Waals surface area contributed by atoms with Gasteiger partial charge in [-0.2, -0.15) is 0 Å². The highest BCUT2D eigenvalue weighted by atomic mass is 16.1. The summed E-state index contributed by atoms with van der Waals surface area (Å²) in [6, 6.07) is 7.83. The number of amides is 1. The van der Waals surface area contributed by atoms with Crippen LogP contribution in [0.1, 0.15) is 16.1 Å². The standard InChI is InChI=1S/C12H15N3O/c1-8-3-2-4-9-7-10(15-11(8)9)12(16)14-6-5-13/h2-4,7,15H,5-6,13H2,1H3,(H,14,16). The third kappa shape index (κ3) is 1.92. The molecular weight excluding hydrogens is 202 g/mol. The third-order valence-electron chi connectivity index (χ3n) is 2.54. The minimum Gasteiger partial charge on any atom is -0.350 e. The Bertz CT molecular complexity index is 516. The van der Waals surface area contributed by atoms with Gasteiger partial charge >= 0.3 is 0 Å². The molecule has 0 saturated carbocycles. The summed E-state index contributed by atoms with van der Waals surface area (Å²) in [6.45, 7) is 2.96. The Balaban J connectivity index is 2.32. The lowest BCUT2D eigenvalue weighted by molar-refractivity contribution is 0.0950. The Labute approximate surface area is 93.8 Å². The summed E-state index contributed by atoms with van der Waals surface area (Å²) < 4.78 is 0. The Hall–Kier alpha value is -1.81. The average Bonchev–Trinajstić information content (AvgIpc) is 2.71. The number of carbonyl (C=O) groups is 1. The highest BCUT2D eigenvalue weighted by molar-refractivity contribution is 5.98. The fraction of sp³-hybridized carbons (Fsp3) is 0.250. The van der Waals surface area contributed by atoms with Crippen LogP contribution in [0.25, 0.3) is 10.9 Å². The molecule has 0 aliphatic carbocycles. The van der Waals surface area contributed by atoms with Crippen LogP contribution in [-0.2, 0) is 0 Å². The molecule has 0 radical (unpaired) electrons. The highest BCUT2D eigenvalue weighted by Gasteiger charge is 2.09. The summed E-state index contributed by atoms with van der Waals surface area (Å²) in [7, 11) is 0. The zero-order chi connectivity index (χ0) is 11.5. The van der Waals surface area contributed by atoms with Crippen molar-refractivity contribution in [2.45, 2.75) is 6.92 Å². The first-order valence-electron chi connectivity index (χ1n) is 5.29. The first kappa shape index (κ1) is 10.7. The van der Waals surface area contributed by atoms with Crippen molar-refractivity contribution in [1.29, 1.82) is 0 Å². The van der Waals surface area contributed by atoms with Crippen molar-refractivity contribution < 1.29 is 4.79 Å². The number of fused-ring (bicyclic) bond motifs is 1. The molecule has 16 heavy (non-hydrogen) atoms. The Morgan fingerprint density at radius 3 is 3.00 bits per heavy atom. The molecule has 2 aromatic rings. The van der Waals surface area contributed by atoms with Gasteiger partial charge in [-0.1, -0.05) is 18.2 Å². The predicted octanol–water partition coefficient (Wildman–Crippen LogP) is 1.16. The predicted molar refractivity (Wildman–Crippen MR) is 64.4 cm³/mol. The molecule has 4 heteroatoms. The molecule has 0 aliphatic heterocycles. The minimum absolute atomic E-state index is 0.110. The van der Waals surface area contributed by atoms with Crippen LogP contribution in [0.2, 0.25) is 0 Å².